The van der Waals surface area contributed by atoms with Crippen LogP contribution in [0, 0.1) is 5.92 Å². The molecule has 0 aliphatic heterocycles. The quantitative estimate of drug-likeness (QED) is 0.763. The van der Waals surface area contributed by atoms with E-state index in [1.807, 2.05) is 60.7 Å². The van der Waals surface area contributed by atoms with Crippen LogP contribution in [0.4, 0.5) is 4.79 Å². The monoisotopic (exact) mass is 293 g/mol. The lowest BCUT2D eigenvalue weighted by molar-refractivity contribution is 0.154. The summed E-state index contributed by atoms with van der Waals surface area (Å²) in [6.07, 6.45) is 2.97. The zero-order valence-electron chi connectivity index (χ0n) is 12.4. The molecule has 0 heterocycles. The summed E-state index contributed by atoms with van der Waals surface area (Å²) in [5.74, 6) is 0.750. The van der Waals surface area contributed by atoms with Crippen molar-refractivity contribution in [1.29, 1.82) is 0 Å². The Morgan fingerprint density at radius 1 is 0.955 bits per heavy atom. The third-order valence-electron chi connectivity index (χ3n) is 3.75. The van der Waals surface area contributed by atoms with E-state index in [4.69, 9.17) is 4.74 Å². The summed E-state index contributed by atoms with van der Waals surface area (Å²) in [5.41, 5.74) is 2.47. The van der Waals surface area contributed by atoms with Gasteiger partial charge in [-0.05, 0) is 12.3 Å². The van der Waals surface area contributed by atoms with Crippen molar-refractivity contribution in [3.05, 3.63) is 71.8 Å². The third-order valence-corrected chi connectivity index (χ3v) is 3.75. The predicted octanol–water partition coefficient (Wildman–Crippen LogP) is 4.46. The van der Waals surface area contributed by atoms with Crippen LogP contribution in [0.25, 0.3) is 0 Å². The van der Waals surface area contributed by atoms with Gasteiger partial charge >= 0.3 is 6.09 Å². The molecule has 0 N–H and O–H groups in total. The average molecular weight is 293 g/mol. The molecule has 1 amide bonds. The fraction of sp³-hybridized carbons (Fsp3) is 0.263. The Balaban J connectivity index is 1.78. The maximum atomic E-state index is 12.0. The topological polar surface area (TPSA) is 38.7 Å². The molecule has 3 rings (SSSR count). The van der Waals surface area contributed by atoms with Crippen molar-refractivity contribution < 1.29 is 9.53 Å². The van der Waals surface area contributed by atoms with Gasteiger partial charge in [0, 0.05) is 11.1 Å². The lowest BCUT2D eigenvalue weighted by atomic mass is 10.0. The van der Waals surface area contributed by atoms with E-state index in [9.17, 15) is 4.79 Å². The minimum absolute atomic E-state index is 0.462. The number of carbonyl (C=O) groups is 1. The molecular formula is C19H19NO2. The third kappa shape index (κ3) is 4.04. The van der Waals surface area contributed by atoms with Gasteiger partial charge in [-0.1, -0.05) is 73.5 Å². The van der Waals surface area contributed by atoms with Crippen LogP contribution in [0.2, 0.25) is 0 Å². The molecule has 3 nitrogen and oxygen atoms in total. The summed E-state index contributed by atoms with van der Waals surface area (Å²) in [7, 11) is 0. The zero-order valence-corrected chi connectivity index (χ0v) is 12.4. The van der Waals surface area contributed by atoms with Gasteiger partial charge in [0.2, 0.25) is 0 Å². The molecule has 0 atom stereocenters. The molecule has 1 fully saturated rings. The first-order valence-corrected chi connectivity index (χ1v) is 7.69. The highest BCUT2D eigenvalue weighted by atomic mass is 16.5. The lowest BCUT2D eigenvalue weighted by Gasteiger charge is -2.07. The number of benzene rings is 2. The van der Waals surface area contributed by atoms with Crippen molar-refractivity contribution in [1.82, 2.24) is 0 Å². The van der Waals surface area contributed by atoms with Crippen molar-refractivity contribution in [3.63, 3.8) is 0 Å². The SMILES string of the molecule is O=C(N=C(c1ccccc1)c1ccccc1)OCCC1CC1. The summed E-state index contributed by atoms with van der Waals surface area (Å²) in [6.45, 7) is 0.462. The van der Waals surface area contributed by atoms with E-state index in [-0.39, 0.29) is 0 Å². The van der Waals surface area contributed by atoms with Gasteiger partial charge in [-0.2, -0.15) is 4.99 Å². The van der Waals surface area contributed by atoms with E-state index in [1.54, 1.807) is 0 Å². The fourth-order valence-corrected chi connectivity index (χ4v) is 2.33. The van der Waals surface area contributed by atoms with Crippen LogP contribution >= 0.6 is 0 Å². The Morgan fingerprint density at radius 3 is 2.00 bits per heavy atom. The van der Waals surface area contributed by atoms with Gasteiger partial charge in [0.25, 0.3) is 0 Å². The van der Waals surface area contributed by atoms with Crippen molar-refractivity contribution >= 4 is 11.8 Å². The minimum atomic E-state index is -0.511. The highest BCUT2D eigenvalue weighted by Crippen LogP contribution is 2.32. The molecule has 3 heteroatoms. The normalized spacial score (nSPS) is 13.5. The van der Waals surface area contributed by atoms with Gasteiger partial charge in [0.05, 0.1) is 12.3 Å². The molecule has 2 aromatic carbocycles. The standard InChI is InChI=1S/C19H19NO2/c21-19(22-14-13-15-11-12-15)20-18(16-7-3-1-4-8-16)17-9-5-2-6-10-17/h1-10,15H,11-14H2. The van der Waals surface area contributed by atoms with Crippen LogP contribution in [0.5, 0.6) is 0 Å². The molecule has 0 spiro atoms. The van der Waals surface area contributed by atoms with Crippen LogP contribution < -0.4 is 0 Å². The first kappa shape index (κ1) is 14.5. The second kappa shape index (κ2) is 7.03. The molecule has 0 radical (unpaired) electrons. The van der Waals surface area contributed by atoms with E-state index >= 15 is 0 Å². The Hall–Kier alpha value is -2.42. The number of amides is 1. The van der Waals surface area contributed by atoms with E-state index in [0.29, 0.717) is 12.3 Å². The second-order valence-electron chi connectivity index (χ2n) is 5.54. The van der Waals surface area contributed by atoms with Gasteiger partial charge in [0.15, 0.2) is 0 Å². The molecule has 112 valence electrons. The number of hydrogen-bond donors (Lipinski definition) is 0. The van der Waals surface area contributed by atoms with E-state index in [1.165, 1.54) is 12.8 Å². The van der Waals surface area contributed by atoms with Gasteiger partial charge in [-0.25, -0.2) is 4.79 Å². The van der Waals surface area contributed by atoms with Gasteiger partial charge < -0.3 is 4.74 Å². The number of carbonyl (C=O) groups excluding carboxylic acids is 1. The largest absolute Gasteiger partial charge is 0.448 e. The molecule has 22 heavy (non-hydrogen) atoms. The molecular weight excluding hydrogens is 274 g/mol. The number of hydrogen-bond acceptors (Lipinski definition) is 2. The van der Waals surface area contributed by atoms with Crippen LogP contribution in [0.3, 0.4) is 0 Å². The summed E-state index contributed by atoms with van der Waals surface area (Å²) in [6, 6.07) is 19.4. The molecule has 0 aromatic heterocycles. The van der Waals surface area contributed by atoms with Gasteiger partial charge in [0.1, 0.15) is 0 Å². The maximum Gasteiger partial charge on any atom is 0.434 e. The first-order chi connectivity index (χ1) is 10.8. The Kier molecular flexibility index (Phi) is 4.64. The summed E-state index contributed by atoms with van der Waals surface area (Å²) < 4.78 is 5.24. The van der Waals surface area contributed by atoms with E-state index in [2.05, 4.69) is 4.99 Å². The minimum Gasteiger partial charge on any atom is -0.448 e. The summed E-state index contributed by atoms with van der Waals surface area (Å²) >= 11 is 0. The Morgan fingerprint density at radius 2 is 1.50 bits per heavy atom. The van der Waals surface area contributed by atoms with Crippen molar-refractivity contribution in [3.8, 4) is 0 Å². The van der Waals surface area contributed by atoms with Gasteiger partial charge in [-0.15, -0.1) is 0 Å². The zero-order chi connectivity index (χ0) is 15.2. The van der Waals surface area contributed by atoms with Crippen molar-refractivity contribution in [2.75, 3.05) is 6.61 Å². The highest BCUT2D eigenvalue weighted by molar-refractivity contribution is 6.16. The molecule has 1 saturated carbocycles. The maximum absolute atomic E-state index is 12.0. The van der Waals surface area contributed by atoms with Crippen LogP contribution in [0.1, 0.15) is 30.4 Å². The molecule has 1 aliphatic carbocycles. The number of aliphatic imine (C=N–C) groups is 1. The molecule has 0 unspecified atom stereocenters. The smallest absolute Gasteiger partial charge is 0.434 e. The second-order valence-corrected chi connectivity index (χ2v) is 5.54. The predicted molar refractivity (Wildman–Crippen MR) is 87.2 cm³/mol. The number of nitrogens with zero attached hydrogens (tertiary/aromatic N) is 1. The van der Waals surface area contributed by atoms with Crippen LogP contribution in [-0.4, -0.2) is 18.4 Å². The first-order valence-electron chi connectivity index (χ1n) is 7.69. The molecule has 0 saturated heterocycles. The summed E-state index contributed by atoms with van der Waals surface area (Å²) in [4.78, 5) is 16.2. The number of rotatable bonds is 5. The Labute approximate surface area is 130 Å². The van der Waals surface area contributed by atoms with E-state index in [0.717, 1.165) is 23.5 Å². The number of ether oxygens (including phenoxy) is 1. The average Bonchev–Trinajstić information content (AvgIpc) is 3.39. The highest BCUT2D eigenvalue weighted by Gasteiger charge is 2.21. The Bertz CT molecular complexity index is 604. The van der Waals surface area contributed by atoms with Gasteiger partial charge in [-0.3, -0.25) is 0 Å². The van der Waals surface area contributed by atoms with Crippen molar-refractivity contribution in [2.24, 2.45) is 10.9 Å². The van der Waals surface area contributed by atoms with E-state index < -0.39 is 6.09 Å². The summed E-state index contributed by atoms with van der Waals surface area (Å²) in [5, 5.41) is 0. The molecule has 0 bridgehead atoms. The molecule has 2 aromatic rings. The van der Waals surface area contributed by atoms with Crippen LogP contribution in [0.15, 0.2) is 65.7 Å². The fourth-order valence-electron chi connectivity index (χ4n) is 2.33. The lowest BCUT2D eigenvalue weighted by Crippen LogP contribution is -2.09. The molecule has 1 aliphatic rings. The van der Waals surface area contributed by atoms with Crippen LogP contribution in [-0.2, 0) is 4.74 Å². The van der Waals surface area contributed by atoms with Crippen molar-refractivity contribution in [2.45, 2.75) is 19.3 Å².